The molecule has 0 radical (unpaired) electrons. The van der Waals surface area contributed by atoms with Gasteiger partial charge in [0.05, 0.1) is 19.1 Å². The first kappa shape index (κ1) is 21.8. The lowest BCUT2D eigenvalue weighted by atomic mass is 10.0. The summed E-state index contributed by atoms with van der Waals surface area (Å²) in [5.41, 5.74) is 0. The third-order valence-electron chi connectivity index (χ3n) is 4.96. The molecule has 6 nitrogen and oxygen atoms in total. The van der Waals surface area contributed by atoms with E-state index in [2.05, 4.69) is 11.9 Å². The van der Waals surface area contributed by atoms with Gasteiger partial charge in [-0.15, -0.1) is 0 Å². The van der Waals surface area contributed by atoms with Crippen molar-refractivity contribution in [2.75, 3.05) is 32.8 Å². The maximum Gasteiger partial charge on any atom is 0.267 e. The van der Waals surface area contributed by atoms with Crippen molar-refractivity contribution < 1.29 is 24.3 Å². The molecule has 1 aliphatic rings. The van der Waals surface area contributed by atoms with Gasteiger partial charge in [0, 0.05) is 6.42 Å². The van der Waals surface area contributed by atoms with Crippen LogP contribution in [-0.4, -0.2) is 60.0 Å². The highest BCUT2D eigenvalue weighted by atomic mass is 16.4. The van der Waals surface area contributed by atoms with E-state index in [1.807, 2.05) is 0 Å². The number of carbonyl (C=O) groups is 2. The first-order valence-corrected chi connectivity index (χ1v) is 9.80. The second-order valence-electron chi connectivity index (χ2n) is 7.05. The summed E-state index contributed by atoms with van der Waals surface area (Å²) in [6.45, 7) is 2.85. The lowest BCUT2D eigenvalue weighted by Crippen LogP contribution is -2.59. The van der Waals surface area contributed by atoms with Crippen LogP contribution in [0.5, 0.6) is 0 Å². The van der Waals surface area contributed by atoms with Crippen LogP contribution in [0.2, 0.25) is 0 Å². The van der Waals surface area contributed by atoms with Gasteiger partial charge in [0.25, 0.3) is 5.84 Å². The summed E-state index contributed by atoms with van der Waals surface area (Å²) in [5, 5.41) is 20.3. The smallest absolute Gasteiger partial charge is 0.267 e. The fraction of sp³-hybridized carbons (Fsp3) is 0.842. The summed E-state index contributed by atoms with van der Waals surface area (Å²) in [4.78, 5) is 27.8. The molecule has 0 aromatic carbocycles. The first-order valence-electron chi connectivity index (χ1n) is 9.80. The molecule has 0 fully saturated rings. The summed E-state index contributed by atoms with van der Waals surface area (Å²) in [7, 11) is 0. The lowest BCUT2D eigenvalue weighted by molar-refractivity contribution is -0.828. The predicted octanol–water partition coefficient (Wildman–Crippen LogP) is 1.45. The van der Waals surface area contributed by atoms with Crippen LogP contribution in [0.15, 0.2) is 4.99 Å². The number of carboxylic acid groups (broad SMARTS) is 1. The minimum atomic E-state index is -1.21. The summed E-state index contributed by atoms with van der Waals surface area (Å²) in [6.07, 6.45) is 11.1. The second-order valence-corrected chi connectivity index (χ2v) is 7.05. The van der Waals surface area contributed by atoms with Crippen molar-refractivity contribution in [1.29, 1.82) is 0 Å². The third kappa shape index (κ3) is 7.65. The molecule has 1 N–H and O–H groups in total. The maximum atomic E-state index is 12.5. The van der Waals surface area contributed by atoms with E-state index in [9.17, 15) is 19.8 Å². The van der Waals surface area contributed by atoms with Gasteiger partial charge >= 0.3 is 0 Å². The molecule has 1 unspecified atom stereocenters. The minimum absolute atomic E-state index is 0.0604. The molecule has 1 heterocycles. The molecule has 1 aliphatic heterocycles. The number of aliphatic imine (C=N–C) groups is 1. The molecule has 0 saturated heterocycles. The summed E-state index contributed by atoms with van der Waals surface area (Å²) in [5.74, 6) is -0.966. The maximum absolute atomic E-state index is 12.5. The Morgan fingerprint density at radius 1 is 1.08 bits per heavy atom. The van der Waals surface area contributed by atoms with Crippen molar-refractivity contribution >= 4 is 17.6 Å². The van der Waals surface area contributed by atoms with Crippen LogP contribution in [0.25, 0.3) is 0 Å². The van der Waals surface area contributed by atoms with Gasteiger partial charge in [-0.3, -0.25) is 9.28 Å². The highest BCUT2D eigenvalue weighted by Gasteiger charge is 2.41. The average molecular weight is 354 g/mol. The minimum Gasteiger partial charge on any atom is -0.544 e. The van der Waals surface area contributed by atoms with E-state index in [1.54, 1.807) is 0 Å². The number of aliphatic carboxylic acids is 1. The van der Waals surface area contributed by atoms with Crippen LogP contribution in [0.1, 0.15) is 71.1 Å². The second kappa shape index (κ2) is 12.1. The molecule has 1 rings (SSSR count). The Balaban J connectivity index is 2.32. The highest BCUT2D eigenvalue weighted by Crippen LogP contribution is 2.18. The number of carboxylic acids is 1. The number of hydrogen-bond acceptors (Lipinski definition) is 5. The van der Waals surface area contributed by atoms with Crippen molar-refractivity contribution in [3.05, 3.63) is 0 Å². The highest BCUT2D eigenvalue weighted by molar-refractivity contribution is 6.36. The first-order chi connectivity index (χ1) is 12.1. The number of unbranched alkanes of at least 4 members (excludes halogenated alkanes) is 8. The number of quaternary nitrogens is 1. The van der Waals surface area contributed by atoms with E-state index in [1.165, 1.54) is 38.5 Å². The van der Waals surface area contributed by atoms with Crippen LogP contribution in [0.3, 0.4) is 0 Å². The van der Waals surface area contributed by atoms with Gasteiger partial charge < -0.3 is 15.0 Å². The van der Waals surface area contributed by atoms with Gasteiger partial charge in [-0.1, -0.05) is 58.3 Å². The number of ketones is 1. The molecule has 25 heavy (non-hydrogen) atoms. The predicted molar refractivity (Wildman–Crippen MR) is 96.1 cm³/mol. The molecule has 0 aliphatic carbocycles. The van der Waals surface area contributed by atoms with Crippen LogP contribution in [0, 0.1) is 0 Å². The largest absolute Gasteiger partial charge is 0.544 e. The summed E-state index contributed by atoms with van der Waals surface area (Å²) >= 11 is 0. The Morgan fingerprint density at radius 2 is 1.68 bits per heavy atom. The Morgan fingerprint density at radius 3 is 2.24 bits per heavy atom. The van der Waals surface area contributed by atoms with Crippen LogP contribution < -0.4 is 5.11 Å². The Bertz CT molecular complexity index is 451. The van der Waals surface area contributed by atoms with Gasteiger partial charge in [0.15, 0.2) is 0 Å². The quantitative estimate of drug-likeness (QED) is 0.356. The molecular weight excluding hydrogens is 320 g/mol. The molecule has 1 atom stereocenters. The van der Waals surface area contributed by atoms with Gasteiger partial charge in [0.2, 0.25) is 5.78 Å². The van der Waals surface area contributed by atoms with Crippen LogP contribution in [-0.2, 0) is 9.59 Å². The molecule has 0 saturated carbocycles. The number of amidine groups is 1. The van der Waals surface area contributed by atoms with Gasteiger partial charge in [-0.25, -0.2) is 4.99 Å². The molecule has 0 aromatic rings. The number of nitrogens with zero attached hydrogens (tertiary/aromatic N) is 2. The van der Waals surface area contributed by atoms with Crippen LogP contribution >= 0.6 is 0 Å². The molecular formula is C19H34N2O4. The van der Waals surface area contributed by atoms with Crippen molar-refractivity contribution in [1.82, 2.24) is 0 Å². The Kier molecular flexibility index (Phi) is 10.6. The normalized spacial score (nSPS) is 19.8. The van der Waals surface area contributed by atoms with Crippen molar-refractivity contribution in [3.8, 4) is 0 Å². The number of aliphatic hydroxyl groups excluding tert-OH is 1. The number of carbonyl (C=O) groups excluding carboxylic acids is 2. The Hall–Kier alpha value is -1.27. The van der Waals surface area contributed by atoms with Gasteiger partial charge in [-0.05, 0) is 6.42 Å². The third-order valence-corrected chi connectivity index (χ3v) is 4.96. The Labute approximate surface area is 151 Å². The zero-order valence-corrected chi connectivity index (χ0v) is 15.7. The zero-order valence-electron chi connectivity index (χ0n) is 15.7. The average Bonchev–Trinajstić information content (AvgIpc) is 2.96. The summed E-state index contributed by atoms with van der Waals surface area (Å²) < 4.78 is -0.0604. The number of hydrogen-bond donors (Lipinski definition) is 1. The topological polar surface area (TPSA) is 89.8 Å². The molecule has 0 amide bonds. The molecule has 0 bridgehead atoms. The number of aliphatic hydroxyl groups is 1. The lowest BCUT2D eigenvalue weighted by Gasteiger charge is -2.33. The molecule has 0 spiro atoms. The molecule has 0 aromatic heterocycles. The number of Topliss-reactive ketones (excluding diaryl/α,β-unsaturated/α-hetero) is 1. The number of rotatable bonds is 15. The van der Waals surface area contributed by atoms with Gasteiger partial charge in [0.1, 0.15) is 19.6 Å². The summed E-state index contributed by atoms with van der Waals surface area (Å²) in [6, 6.07) is 0. The van der Waals surface area contributed by atoms with Crippen molar-refractivity contribution in [2.45, 2.75) is 71.1 Å². The fourth-order valence-electron chi connectivity index (χ4n) is 3.55. The van der Waals surface area contributed by atoms with Gasteiger partial charge in [-0.2, -0.15) is 0 Å². The van der Waals surface area contributed by atoms with E-state index in [-0.39, 0.29) is 30.0 Å². The van der Waals surface area contributed by atoms with E-state index < -0.39 is 5.97 Å². The SMILES string of the molecule is CCCCCCCCCCCC(=O)C1=NCC[N+]1(CCO)CC(=O)[O-]. The van der Waals surface area contributed by atoms with Crippen molar-refractivity contribution in [3.63, 3.8) is 0 Å². The van der Waals surface area contributed by atoms with E-state index >= 15 is 0 Å². The van der Waals surface area contributed by atoms with E-state index in [0.717, 1.165) is 19.3 Å². The zero-order chi connectivity index (χ0) is 18.5. The van der Waals surface area contributed by atoms with E-state index in [0.29, 0.717) is 25.3 Å². The van der Waals surface area contributed by atoms with E-state index in [4.69, 9.17) is 0 Å². The van der Waals surface area contributed by atoms with Crippen LogP contribution in [0.4, 0.5) is 0 Å². The molecule has 6 heteroatoms. The van der Waals surface area contributed by atoms with Crippen molar-refractivity contribution in [2.24, 2.45) is 4.99 Å². The standard InChI is InChI=1S/C19H34N2O4/c1-2-3-4-5-6-7-8-9-10-11-17(23)19-20-12-13-21(19,14-15-22)16-18(24)25/h22H,2-16H2,1H3. The fourth-order valence-corrected chi connectivity index (χ4v) is 3.55. The molecule has 144 valence electrons. The monoisotopic (exact) mass is 354 g/mol.